The van der Waals surface area contributed by atoms with Crippen LogP contribution in [-0.4, -0.2) is 4.98 Å². The number of rotatable bonds is 5. The van der Waals surface area contributed by atoms with Crippen molar-refractivity contribution in [2.45, 2.75) is 6.16 Å². The van der Waals surface area contributed by atoms with Gasteiger partial charge in [-0.25, -0.2) is 9.37 Å². The van der Waals surface area contributed by atoms with Gasteiger partial charge in [-0.3, -0.25) is 0 Å². The van der Waals surface area contributed by atoms with Crippen molar-refractivity contribution in [3.05, 3.63) is 120 Å². The van der Waals surface area contributed by atoms with Crippen LogP contribution in [0.4, 0.5) is 8.78 Å². The predicted molar refractivity (Wildman–Crippen MR) is 128 cm³/mol. The Hall–Kier alpha value is -2.94. The van der Waals surface area contributed by atoms with Gasteiger partial charge < -0.3 is 0 Å². The van der Waals surface area contributed by atoms with Crippen LogP contribution >= 0.6 is 18.6 Å². The molecule has 0 fully saturated rings. The molecule has 0 radical (unpaired) electrons. The quantitative estimate of drug-likeness (QED) is 0.299. The first-order valence-corrected chi connectivity index (χ1v) is 12.8. The van der Waals surface area contributed by atoms with Crippen LogP contribution in [0.5, 0.6) is 0 Å². The van der Waals surface area contributed by atoms with E-state index in [0.717, 1.165) is 17.0 Å². The van der Waals surface area contributed by atoms with Crippen molar-refractivity contribution in [3.8, 4) is 0 Å². The molecule has 5 rings (SSSR count). The molecular weight excluding hydrogens is 427 g/mol. The monoisotopic (exact) mass is 446 g/mol. The van der Waals surface area contributed by atoms with Gasteiger partial charge in [-0.05, 0) is 48.5 Å². The van der Waals surface area contributed by atoms with Crippen molar-refractivity contribution in [1.29, 1.82) is 0 Å². The number of thiophene rings is 1. The van der Waals surface area contributed by atoms with E-state index in [9.17, 15) is 8.78 Å². The van der Waals surface area contributed by atoms with Crippen LogP contribution in [0.3, 0.4) is 0 Å². The van der Waals surface area contributed by atoms with E-state index in [2.05, 4.69) is 77.8 Å². The summed E-state index contributed by atoms with van der Waals surface area (Å²) in [6, 6.07) is 35.1. The van der Waals surface area contributed by atoms with Crippen molar-refractivity contribution in [2.75, 3.05) is 0 Å². The molecule has 0 amide bonds. The van der Waals surface area contributed by atoms with Gasteiger partial charge in [0.15, 0.2) is 5.82 Å². The molecule has 2 heterocycles. The number of nitrogens with zero attached hydrogens (tertiary/aromatic N) is 1. The summed E-state index contributed by atoms with van der Waals surface area (Å²) in [4.78, 5) is 4.58. The van der Waals surface area contributed by atoms with Crippen LogP contribution in [0.2, 0.25) is 0 Å². The van der Waals surface area contributed by atoms with E-state index < -0.39 is 18.2 Å². The molecule has 152 valence electrons. The zero-order valence-corrected chi connectivity index (χ0v) is 18.3. The Labute approximate surface area is 184 Å². The van der Waals surface area contributed by atoms with Crippen molar-refractivity contribution < 1.29 is 8.78 Å². The Kier molecular flexibility index (Phi) is 5.35. The number of hydrogen-bond donors (Lipinski definition) is 0. The fourth-order valence-electron chi connectivity index (χ4n) is 4.06. The van der Waals surface area contributed by atoms with Crippen molar-refractivity contribution in [2.24, 2.45) is 0 Å². The molecular formula is C26H19F2NPS+. The number of hydrogen-bond acceptors (Lipinski definition) is 2. The lowest BCUT2D eigenvalue weighted by molar-refractivity contribution is 0.536. The maximum Gasteiger partial charge on any atom is 0.215 e. The molecule has 0 aliphatic heterocycles. The van der Waals surface area contributed by atoms with Gasteiger partial charge >= 0.3 is 0 Å². The highest BCUT2D eigenvalue weighted by Crippen LogP contribution is 2.58. The minimum Gasteiger partial charge on any atom is -0.245 e. The highest BCUT2D eigenvalue weighted by Gasteiger charge is 2.45. The fourth-order valence-corrected chi connectivity index (χ4v) is 8.96. The third-order valence-corrected chi connectivity index (χ3v) is 10.7. The standard InChI is InChI=1S/C26H19F2NPS/c27-24-25-23(31-26(24)28)17-16-19(29-25)18-30(20-10-4-1-5-11-20,21-12-6-2-7-13-21)22-14-8-3-9-15-22/h1-17H,18H2/q+1. The number of benzene rings is 3. The van der Waals surface area contributed by atoms with Crippen LogP contribution in [0.1, 0.15) is 5.69 Å². The van der Waals surface area contributed by atoms with E-state index in [1.165, 1.54) is 15.9 Å². The van der Waals surface area contributed by atoms with Gasteiger partial charge in [-0.15, -0.1) is 11.3 Å². The number of fused-ring (bicyclic) bond motifs is 1. The van der Waals surface area contributed by atoms with E-state index in [0.29, 0.717) is 10.9 Å². The van der Waals surface area contributed by atoms with Crippen LogP contribution in [0, 0.1) is 10.9 Å². The van der Waals surface area contributed by atoms with E-state index in [1.807, 2.05) is 24.3 Å². The molecule has 3 aromatic carbocycles. The number of pyridine rings is 1. The molecule has 5 aromatic rings. The molecule has 0 unspecified atom stereocenters. The first-order chi connectivity index (χ1) is 15.2. The molecule has 0 spiro atoms. The van der Waals surface area contributed by atoms with Gasteiger partial charge in [0.2, 0.25) is 5.13 Å². The minimum absolute atomic E-state index is 0.118. The van der Waals surface area contributed by atoms with Crippen LogP contribution in [0.15, 0.2) is 103 Å². The summed E-state index contributed by atoms with van der Waals surface area (Å²) in [5, 5.41) is 2.87. The first kappa shape index (κ1) is 20.0. The van der Waals surface area contributed by atoms with Crippen molar-refractivity contribution >= 4 is 44.7 Å². The van der Waals surface area contributed by atoms with Crippen molar-refractivity contribution in [3.63, 3.8) is 0 Å². The molecule has 0 aliphatic carbocycles. The molecule has 1 nitrogen and oxygen atoms in total. The zero-order valence-electron chi connectivity index (χ0n) is 16.6. The molecule has 0 bridgehead atoms. The van der Waals surface area contributed by atoms with Crippen LogP contribution in [-0.2, 0) is 6.16 Å². The fraction of sp³-hybridized carbons (Fsp3) is 0.0385. The van der Waals surface area contributed by atoms with Gasteiger partial charge in [0.05, 0.1) is 10.4 Å². The third-order valence-electron chi connectivity index (χ3n) is 5.49. The second-order valence-electron chi connectivity index (χ2n) is 7.31. The smallest absolute Gasteiger partial charge is 0.215 e. The summed E-state index contributed by atoms with van der Waals surface area (Å²) in [5.41, 5.74) is 0.876. The molecule has 0 atom stereocenters. The topological polar surface area (TPSA) is 12.9 Å². The van der Waals surface area contributed by atoms with Gasteiger partial charge in [0.1, 0.15) is 34.9 Å². The van der Waals surface area contributed by atoms with Gasteiger partial charge in [-0.1, -0.05) is 54.6 Å². The molecule has 0 saturated carbocycles. The molecule has 0 N–H and O–H groups in total. The van der Waals surface area contributed by atoms with E-state index in [1.54, 1.807) is 6.07 Å². The summed E-state index contributed by atoms with van der Waals surface area (Å²) in [7, 11) is -2.14. The summed E-state index contributed by atoms with van der Waals surface area (Å²) in [6.45, 7) is 0. The number of aromatic nitrogens is 1. The van der Waals surface area contributed by atoms with E-state index >= 15 is 0 Å². The van der Waals surface area contributed by atoms with Crippen molar-refractivity contribution in [1.82, 2.24) is 4.98 Å². The Morgan fingerprint density at radius 2 is 1.13 bits per heavy atom. The number of halogens is 2. The van der Waals surface area contributed by atoms with E-state index in [4.69, 9.17) is 0 Å². The SMILES string of the molecule is Fc1sc2ccc(C[P+](c3ccccc3)(c3ccccc3)c3ccccc3)nc2c1F. The summed E-state index contributed by atoms with van der Waals surface area (Å²) < 4.78 is 28.7. The maximum atomic E-state index is 14.3. The average molecular weight is 446 g/mol. The predicted octanol–water partition coefficient (Wildman–Crippen LogP) is 6.07. The van der Waals surface area contributed by atoms with Crippen LogP contribution < -0.4 is 15.9 Å². The molecule has 0 saturated heterocycles. The Morgan fingerprint density at radius 1 is 0.645 bits per heavy atom. The highest BCUT2D eigenvalue weighted by molar-refractivity contribution is 7.95. The zero-order chi connectivity index (χ0) is 21.3. The average Bonchev–Trinajstić information content (AvgIpc) is 3.12. The van der Waals surface area contributed by atoms with Gasteiger partial charge in [-0.2, -0.15) is 4.39 Å². The lowest BCUT2D eigenvalue weighted by Crippen LogP contribution is -2.32. The molecule has 2 aromatic heterocycles. The molecule has 31 heavy (non-hydrogen) atoms. The second kappa shape index (κ2) is 8.30. The maximum absolute atomic E-state index is 14.3. The minimum atomic E-state index is -2.14. The summed E-state index contributed by atoms with van der Waals surface area (Å²) in [5.74, 6) is -0.857. The summed E-state index contributed by atoms with van der Waals surface area (Å²) in [6.07, 6.45) is 0.623. The second-order valence-corrected chi connectivity index (χ2v) is 11.8. The Bertz CT molecular complexity index is 1220. The Balaban J connectivity index is 1.77. The molecule has 5 heteroatoms. The largest absolute Gasteiger partial charge is 0.245 e. The first-order valence-electron chi connectivity index (χ1n) is 9.97. The van der Waals surface area contributed by atoms with Gasteiger partial charge in [0.25, 0.3) is 0 Å². The third kappa shape index (κ3) is 3.56. The lowest BCUT2D eigenvalue weighted by Gasteiger charge is -2.27. The van der Waals surface area contributed by atoms with Gasteiger partial charge in [0, 0.05) is 0 Å². The molecule has 0 aliphatic rings. The Morgan fingerprint density at radius 3 is 1.61 bits per heavy atom. The lowest BCUT2D eigenvalue weighted by atomic mass is 10.3. The van der Waals surface area contributed by atoms with Crippen LogP contribution in [0.25, 0.3) is 10.2 Å². The highest BCUT2D eigenvalue weighted by atomic mass is 32.1. The summed E-state index contributed by atoms with van der Waals surface area (Å²) >= 11 is 0.799. The normalized spacial score (nSPS) is 11.7. The van der Waals surface area contributed by atoms with E-state index in [-0.39, 0.29) is 5.52 Å².